The molecule has 0 aromatic heterocycles. The predicted molar refractivity (Wildman–Crippen MR) is 62.1 cm³/mol. The zero-order valence-electron chi connectivity index (χ0n) is 9.96. The number of hydrogen-bond acceptors (Lipinski definition) is 2. The fraction of sp³-hybridized carbons (Fsp3) is 0.909. The SMILES string of the molecule is CCC(NC1CCCCCC1)C(=O)O.[Na]. The maximum absolute atomic E-state index is 10.8. The van der Waals surface area contributed by atoms with Gasteiger partial charge in [0.05, 0.1) is 0 Å². The van der Waals surface area contributed by atoms with E-state index < -0.39 is 5.97 Å². The van der Waals surface area contributed by atoms with Gasteiger partial charge in [0.1, 0.15) is 6.04 Å². The summed E-state index contributed by atoms with van der Waals surface area (Å²) in [7, 11) is 0. The van der Waals surface area contributed by atoms with Crippen LogP contribution in [0.25, 0.3) is 0 Å². The Kier molecular flexibility index (Phi) is 8.81. The topological polar surface area (TPSA) is 49.3 Å². The van der Waals surface area contributed by atoms with E-state index in [1.807, 2.05) is 6.92 Å². The second-order valence-electron chi connectivity index (χ2n) is 4.15. The average Bonchev–Trinajstić information content (AvgIpc) is 2.41. The second kappa shape index (κ2) is 8.57. The average molecular weight is 222 g/mol. The van der Waals surface area contributed by atoms with Crippen molar-refractivity contribution in [1.29, 1.82) is 0 Å². The fourth-order valence-corrected chi connectivity index (χ4v) is 2.09. The van der Waals surface area contributed by atoms with E-state index in [1.165, 1.54) is 25.7 Å². The molecule has 0 aliphatic heterocycles. The molecular weight excluding hydrogens is 201 g/mol. The largest absolute Gasteiger partial charge is 0.480 e. The summed E-state index contributed by atoms with van der Waals surface area (Å²) in [5, 5.41) is 12.2. The first-order valence-electron chi connectivity index (χ1n) is 5.73. The van der Waals surface area contributed by atoms with E-state index in [0.717, 1.165) is 12.8 Å². The Morgan fingerprint density at radius 1 is 1.33 bits per heavy atom. The number of carboxylic acid groups (broad SMARTS) is 1. The molecule has 1 rings (SSSR count). The maximum atomic E-state index is 10.8. The van der Waals surface area contributed by atoms with Gasteiger partial charge in [0.2, 0.25) is 0 Å². The minimum Gasteiger partial charge on any atom is -0.480 e. The van der Waals surface area contributed by atoms with Crippen molar-refractivity contribution in [2.24, 2.45) is 0 Å². The number of hydrogen-bond donors (Lipinski definition) is 2. The Bertz CT molecular complexity index is 179. The number of rotatable bonds is 4. The normalized spacial score (nSPS) is 20.1. The number of carboxylic acids is 1. The van der Waals surface area contributed by atoms with Gasteiger partial charge in [-0.3, -0.25) is 4.79 Å². The second-order valence-corrected chi connectivity index (χ2v) is 4.15. The first-order chi connectivity index (χ1) is 6.74. The summed E-state index contributed by atoms with van der Waals surface area (Å²) >= 11 is 0. The van der Waals surface area contributed by atoms with Gasteiger partial charge in [-0.2, -0.15) is 0 Å². The van der Waals surface area contributed by atoms with Gasteiger partial charge >= 0.3 is 5.97 Å². The van der Waals surface area contributed by atoms with Gasteiger partial charge in [-0.05, 0) is 19.3 Å². The zero-order chi connectivity index (χ0) is 10.4. The van der Waals surface area contributed by atoms with Crippen molar-refractivity contribution in [3.63, 3.8) is 0 Å². The van der Waals surface area contributed by atoms with Gasteiger partial charge in [-0.25, -0.2) is 0 Å². The minimum atomic E-state index is -0.711. The molecule has 1 fully saturated rings. The third-order valence-corrected chi connectivity index (χ3v) is 3.00. The van der Waals surface area contributed by atoms with Gasteiger partial charge in [0.25, 0.3) is 0 Å². The quantitative estimate of drug-likeness (QED) is 0.563. The number of carbonyl (C=O) groups is 1. The van der Waals surface area contributed by atoms with Gasteiger partial charge in [0.15, 0.2) is 0 Å². The molecule has 0 bridgehead atoms. The molecule has 0 aromatic carbocycles. The molecule has 83 valence electrons. The van der Waals surface area contributed by atoms with E-state index in [2.05, 4.69) is 5.32 Å². The molecule has 1 saturated carbocycles. The third-order valence-electron chi connectivity index (χ3n) is 3.00. The van der Waals surface area contributed by atoms with Crippen molar-refractivity contribution >= 4 is 35.5 Å². The molecule has 0 spiro atoms. The van der Waals surface area contributed by atoms with E-state index in [1.54, 1.807) is 0 Å². The first-order valence-corrected chi connectivity index (χ1v) is 5.73. The Morgan fingerprint density at radius 3 is 2.27 bits per heavy atom. The predicted octanol–water partition coefficient (Wildman–Crippen LogP) is 1.78. The molecule has 3 nitrogen and oxygen atoms in total. The molecule has 1 atom stereocenters. The van der Waals surface area contributed by atoms with Crippen LogP contribution < -0.4 is 5.32 Å². The van der Waals surface area contributed by atoms with Gasteiger partial charge < -0.3 is 10.4 Å². The van der Waals surface area contributed by atoms with Crippen LogP contribution in [0.3, 0.4) is 0 Å². The summed E-state index contributed by atoms with van der Waals surface area (Å²) in [6, 6.07) is 0.0802. The summed E-state index contributed by atoms with van der Waals surface area (Å²) < 4.78 is 0. The summed E-state index contributed by atoms with van der Waals surface area (Å²) in [6.07, 6.45) is 8.06. The van der Waals surface area contributed by atoms with Gasteiger partial charge in [-0.15, -0.1) is 0 Å². The zero-order valence-corrected chi connectivity index (χ0v) is 12.0. The number of aliphatic carboxylic acids is 1. The number of nitrogens with one attached hydrogen (secondary N) is 1. The first kappa shape index (κ1) is 15.4. The van der Waals surface area contributed by atoms with Crippen LogP contribution in [-0.2, 0) is 4.79 Å². The molecule has 4 heteroatoms. The minimum absolute atomic E-state index is 0. The molecule has 2 N–H and O–H groups in total. The monoisotopic (exact) mass is 222 g/mol. The third kappa shape index (κ3) is 5.91. The van der Waals surface area contributed by atoms with E-state index in [-0.39, 0.29) is 35.6 Å². The van der Waals surface area contributed by atoms with Crippen molar-refractivity contribution in [3.8, 4) is 0 Å². The van der Waals surface area contributed by atoms with Crippen LogP contribution in [0.5, 0.6) is 0 Å². The standard InChI is InChI=1S/C11H21NO2.Na/c1-2-10(11(13)14)12-9-7-5-3-4-6-8-9;/h9-10,12H,2-8H2,1H3,(H,13,14);. The Morgan fingerprint density at radius 2 is 1.87 bits per heavy atom. The maximum Gasteiger partial charge on any atom is 0.320 e. The van der Waals surface area contributed by atoms with Crippen LogP contribution in [0.15, 0.2) is 0 Å². The molecule has 1 unspecified atom stereocenters. The van der Waals surface area contributed by atoms with Crippen LogP contribution in [-0.4, -0.2) is 52.7 Å². The van der Waals surface area contributed by atoms with E-state index in [4.69, 9.17) is 5.11 Å². The Balaban J connectivity index is 0.00000196. The molecule has 1 aliphatic carbocycles. The van der Waals surface area contributed by atoms with E-state index >= 15 is 0 Å². The fourth-order valence-electron chi connectivity index (χ4n) is 2.09. The molecule has 0 saturated heterocycles. The summed E-state index contributed by atoms with van der Waals surface area (Å²) in [5.41, 5.74) is 0. The van der Waals surface area contributed by atoms with Gasteiger partial charge in [-0.1, -0.05) is 32.6 Å². The molecule has 0 amide bonds. The van der Waals surface area contributed by atoms with Crippen LogP contribution in [0.4, 0.5) is 0 Å². The molecule has 1 radical (unpaired) electrons. The molecule has 1 aliphatic rings. The molecule has 0 aromatic rings. The Labute approximate surface area is 114 Å². The van der Waals surface area contributed by atoms with Crippen LogP contribution in [0.2, 0.25) is 0 Å². The summed E-state index contributed by atoms with van der Waals surface area (Å²) in [5.74, 6) is -0.711. The van der Waals surface area contributed by atoms with Crippen LogP contribution in [0.1, 0.15) is 51.9 Å². The van der Waals surface area contributed by atoms with Crippen molar-refractivity contribution in [2.75, 3.05) is 0 Å². The van der Waals surface area contributed by atoms with Crippen molar-refractivity contribution < 1.29 is 9.90 Å². The van der Waals surface area contributed by atoms with E-state index in [0.29, 0.717) is 12.5 Å². The van der Waals surface area contributed by atoms with Crippen LogP contribution in [0, 0.1) is 0 Å². The van der Waals surface area contributed by atoms with Crippen molar-refractivity contribution in [2.45, 2.75) is 64.0 Å². The summed E-state index contributed by atoms with van der Waals surface area (Å²) in [4.78, 5) is 10.8. The molecular formula is C11H21NNaO2. The van der Waals surface area contributed by atoms with Crippen LogP contribution >= 0.6 is 0 Å². The Hall–Kier alpha value is 0.430. The summed E-state index contributed by atoms with van der Waals surface area (Å²) in [6.45, 7) is 1.92. The van der Waals surface area contributed by atoms with Crippen molar-refractivity contribution in [1.82, 2.24) is 5.32 Å². The van der Waals surface area contributed by atoms with Crippen molar-refractivity contribution in [3.05, 3.63) is 0 Å². The van der Waals surface area contributed by atoms with Gasteiger partial charge in [0, 0.05) is 35.6 Å². The molecule has 15 heavy (non-hydrogen) atoms. The molecule has 0 heterocycles. The smallest absolute Gasteiger partial charge is 0.320 e. The van der Waals surface area contributed by atoms with E-state index in [9.17, 15) is 4.79 Å².